The smallest absolute Gasteiger partial charge is 0.118 e. The first-order valence-corrected chi connectivity index (χ1v) is 8.30. The lowest BCUT2D eigenvalue weighted by Crippen LogP contribution is -2.83. The molecule has 22 heavy (non-hydrogen) atoms. The first-order chi connectivity index (χ1) is 10.5. The maximum absolute atomic E-state index is 10.8. The van der Waals surface area contributed by atoms with E-state index in [1.54, 1.807) is 7.11 Å². The Morgan fingerprint density at radius 3 is 2.68 bits per heavy atom. The Morgan fingerprint density at radius 2 is 2.05 bits per heavy atom. The van der Waals surface area contributed by atoms with Crippen molar-refractivity contribution in [2.45, 2.75) is 57.3 Å². The van der Waals surface area contributed by atoms with Crippen LogP contribution in [-0.2, 0) is 11.3 Å². The Balaban J connectivity index is 1.75. The number of quaternary nitrogens is 1. The molecule has 1 aromatic carbocycles. The average molecular weight is 308 g/mol. The molecule has 124 valence electrons. The van der Waals surface area contributed by atoms with Crippen LogP contribution in [0.25, 0.3) is 0 Å². The van der Waals surface area contributed by atoms with Crippen LogP contribution in [-0.4, -0.2) is 36.6 Å². The highest BCUT2D eigenvalue weighted by atomic mass is 16.5. The predicted octanol–water partition coefficient (Wildman–Crippen LogP) is 1.86. The lowest BCUT2D eigenvalue weighted by Gasteiger charge is -2.42. The van der Waals surface area contributed by atoms with Gasteiger partial charge in [-0.3, -0.25) is 0 Å². The Kier molecular flexibility index (Phi) is 5.84. The van der Waals surface area contributed by atoms with Gasteiger partial charge in [0.15, 0.2) is 0 Å². The van der Waals surface area contributed by atoms with Crippen LogP contribution in [0.3, 0.4) is 0 Å². The van der Waals surface area contributed by atoms with Crippen LogP contribution in [0.4, 0.5) is 0 Å². The minimum Gasteiger partial charge on any atom is -0.497 e. The van der Waals surface area contributed by atoms with Crippen molar-refractivity contribution < 1.29 is 19.9 Å². The number of ether oxygens (including phenoxy) is 2. The number of rotatable bonds is 7. The Morgan fingerprint density at radius 1 is 1.32 bits per heavy atom. The van der Waals surface area contributed by atoms with Gasteiger partial charge >= 0.3 is 0 Å². The van der Waals surface area contributed by atoms with Crippen molar-refractivity contribution in [1.29, 1.82) is 0 Å². The molecule has 1 fully saturated rings. The summed E-state index contributed by atoms with van der Waals surface area (Å²) in [4.78, 5) is 0. The molecule has 4 heteroatoms. The molecule has 0 saturated carbocycles. The molecule has 0 aromatic heterocycles. The van der Waals surface area contributed by atoms with E-state index in [-0.39, 0.29) is 5.60 Å². The summed E-state index contributed by atoms with van der Waals surface area (Å²) in [5, 5.41) is 13.0. The van der Waals surface area contributed by atoms with Crippen LogP contribution in [0.5, 0.6) is 5.75 Å². The van der Waals surface area contributed by atoms with Crippen molar-refractivity contribution >= 4 is 0 Å². The maximum Gasteiger partial charge on any atom is 0.118 e. The number of aliphatic hydroxyl groups is 1. The molecule has 0 unspecified atom stereocenters. The second-order valence-corrected chi connectivity index (χ2v) is 6.68. The molecule has 2 rings (SSSR count). The average Bonchev–Trinajstić information content (AvgIpc) is 2.52. The zero-order chi connectivity index (χ0) is 16.1. The van der Waals surface area contributed by atoms with Crippen LogP contribution < -0.4 is 10.1 Å². The first-order valence-electron chi connectivity index (χ1n) is 8.30. The van der Waals surface area contributed by atoms with Gasteiger partial charge in [-0.1, -0.05) is 6.92 Å². The van der Waals surface area contributed by atoms with Crippen LogP contribution in [0.1, 0.15) is 45.1 Å². The van der Waals surface area contributed by atoms with Gasteiger partial charge in [0.25, 0.3) is 0 Å². The van der Waals surface area contributed by atoms with E-state index in [0.717, 1.165) is 44.5 Å². The molecule has 0 bridgehead atoms. The monoisotopic (exact) mass is 308 g/mol. The molecule has 1 aliphatic heterocycles. The zero-order valence-corrected chi connectivity index (χ0v) is 14.1. The minimum absolute atomic E-state index is 0.164. The van der Waals surface area contributed by atoms with Crippen LogP contribution in [0.15, 0.2) is 24.3 Å². The standard InChI is InChI=1S/C18H29NO3/c1-4-17(2)14-18(20,10-12-22-17)9-11-19-13-15-5-7-16(21-3)8-6-15/h5-8,19-20H,4,9-14H2,1-3H3/p+1/t17-,18+/m0/s1. The molecular weight excluding hydrogens is 278 g/mol. The number of hydrogen-bond acceptors (Lipinski definition) is 3. The van der Waals surface area contributed by atoms with E-state index in [2.05, 4.69) is 31.3 Å². The number of hydrogen-bond donors (Lipinski definition) is 2. The second-order valence-electron chi connectivity index (χ2n) is 6.68. The second kappa shape index (κ2) is 7.44. The van der Waals surface area contributed by atoms with Crippen molar-refractivity contribution in [2.24, 2.45) is 0 Å². The molecule has 1 heterocycles. The summed E-state index contributed by atoms with van der Waals surface area (Å²) >= 11 is 0. The van der Waals surface area contributed by atoms with E-state index in [0.29, 0.717) is 6.61 Å². The molecule has 0 radical (unpaired) electrons. The largest absolute Gasteiger partial charge is 0.497 e. The van der Waals surface area contributed by atoms with E-state index >= 15 is 0 Å². The van der Waals surface area contributed by atoms with E-state index < -0.39 is 5.60 Å². The third kappa shape index (κ3) is 4.70. The quantitative estimate of drug-likeness (QED) is 0.756. The summed E-state index contributed by atoms with van der Waals surface area (Å²) in [5.41, 5.74) is 0.542. The SMILES string of the molecule is CC[C@@]1(C)C[C@@](O)(CC[NH2+]Cc2ccc(OC)cc2)CCO1. The Hall–Kier alpha value is -1.10. The fourth-order valence-electron chi connectivity index (χ4n) is 3.16. The van der Waals surface area contributed by atoms with E-state index in [1.165, 1.54) is 5.56 Å². The molecule has 0 aliphatic carbocycles. The molecule has 2 atom stereocenters. The molecular formula is C18H30NO3+. The van der Waals surface area contributed by atoms with Crippen molar-refractivity contribution in [1.82, 2.24) is 0 Å². The molecule has 4 nitrogen and oxygen atoms in total. The number of methoxy groups -OCH3 is 1. The summed E-state index contributed by atoms with van der Waals surface area (Å²) in [6.45, 7) is 6.77. The highest BCUT2D eigenvalue weighted by molar-refractivity contribution is 5.26. The minimum atomic E-state index is -0.570. The number of benzene rings is 1. The lowest BCUT2D eigenvalue weighted by molar-refractivity contribution is -0.672. The van der Waals surface area contributed by atoms with Gasteiger partial charge in [0, 0.05) is 18.4 Å². The fraction of sp³-hybridized carbons (Fsp3) is 0.667. The van der Waals surface area contributed by atoms with Gasteiger partial charge in [0.05, 0.1) is 31.5 Å². The molecule has 1 saturated heterocycles. The van der Waals surface area contributed by atoms with Crippen molar-refractivity contribution in [2.75, 3.05) is 20.3 Å². The summed E-state index contributed by atoms with van der Waals surface area (Å²) in [7, 11) is 1.68. The Labute approximate surface area is 133 Å². The molecule has 0 amide bonds. The summed E-state index contributed by atoms with van der Waals surface area (Å²) in [6.07, 6.45) is 3.26. The van der Waals surface area contributed by atoms with Gasteiger partial charge in [-0.25, -0.2) is 0 Å². The van der Waals surface area contributed by atoms with Gasteiger partial charge in [0.1, 0.15) is 12.3 Å². The number of nitrogens with two attached hydrogens (primary N) is 1. The van der Waals surface area contributed by atoms with Crippen LogP contribution in [0, 0.1) is 0 Å². The van der Waals surface area contributed by atoms with Gasteiger partial charge < -0.3 is 19.9 Å². The molecule has 3 N–H and O–H groups in total. The van der Waals surface area contributed by atoms with E-state index in [9.17, 15) is 5.11 Å². The van der Waals surface area contributed by atoms with Gasteiger partial charge in [-0.05, 0) is 44.0 Å². The van der Waals surface area contributed by atoms with E-state index in [1.807, 2.05) is 12.1 Å². The zero-order valence-electron chi connectivity index (χ0n) is 14.1. The highest BCUT2D eigenvalue weighted by Crippen LogP contribution is 2.35. The summed E-state index contributed by atoms with van der Waals surface area (Å²) < 4.78 is 11.0. The van der Waals surface area contributed by atoms with E-state index in [4.69, 9.17) is 9.47 Å². The fourth-order valence-corrected chi connectivity index (χ4v) is 3.16. The molecule has 1 aromatic rings. The van der Waals surface area contributed by atoms with Crippen molar-refractivity contribution in [3.8, 4) is 5.75 Å². The van der Waals surface area contributed by atoms with Gasteiger partial charge in [-0.15, -0.1) is 0 Å². The Bertz CT molecular complexity index is 462. The molecule has 1 aliphatic rings. The highest BCUT2D eigenvalue weighted by Gasteiger charge is 2.40. The summed E-state index contributed by atoms with van der Waals surface area (Å²) in [6, 6.07) is 8.16. The van der Waals surface area contributed by atoms with Crippen LogP contribution >= 0.6 is 0 Å². The van der Waals surface area contributed by atoms with Crippen molar-refractivity contribution in [3.05, 3.63) is 29.8 Å². The predicted molar refractivity (Wildman–Crippen MR) is 86.9 cm³/mol. The third-order valence-corrected chi connectivity index (χ3v) is 4.82. The van der Waals surface area contributed by atoms with Crippen molar-refractivity contribution in [3.63, 3.8) is 0 Å². The first kappa shape index (κ1) is 17.3. The van der Waals surface area contributed by atoms with Crippen LogP contribution in [0.2, 0.25) is 0 Å². The normalized spacial score (nSPS) is 28.5. The molecule has 0 spiro atoms. The summed E-state index contributed by atoms with van der Waals surface area (Å²) in [5.74, 6) is 0.888. The topological polar surface area (TPSA) is 55.3 Å². The third-order valence-electron chi connectivity index (χ3n) is 4.82. The lowest BCUT2D eigenvalue weighted by atomic mass is 9.80. The van der Waals surface area contributed by atoms with Gasteiger partial charge in [-0.2, -0.15) is 0 Å². The van der Waals surface area contributed by atoms with Gasteiger partial charge in [0.2, 0.25) is 0 Å². The maximum atomic E-state index is 10.8.